The number of aliphatic imine (C=N–C) groups is 1. The molecule has 1 aromatic carbocycles. The van der Waals surface area contributed by atoms with Crippen LogP contribution in [0.25, 0.3) is 0 Å². The first-order valence-corrected chi connectivity index (χ1v) is 8.71. The lowest BCUT2D eigenvalue weighted by Gasteiger charge is -2.15. The second-order valence-corrected chi connectivity index (χ2v) is 6.69. The summed E-state index contributed by atoms with van der Waals surface area (Å²) in [7, 11) is -1.94. The lowest BCUT2D eigenvalue weighted by Crippen LogP contribution is -2.40. The molecule has 1 aromatic rings. The first kappa shape index (κ1) is 20.1. The van der Waals surface area contributed by atoms with Gasteiger partial charge in [-0.2, -0.15) is 0 Å². The minimum Gasteiger partial charge on any atom is -0.376 e. The number of guanidine groups is 1. The van der Waals surface area contributed by atoms with Crippen LogP contribution in [0.4, 0.5) is 0 Å². The third kappa shape index (κ3) is 6.61. The highest BCUT2D eigenvalue weighted by Crippen LogP contribution is 2.10. The average molecular weight is 454 g/mol. The van der Waals surface area contributed by atoms with E-state index < -0.39 is 10.0 Å². The van der Waals surface area contributed by atoms with Crippen molar-refractivity contribution in [3.63, 3.8) is 0 Å². The van der Waals surface area contributed by atoms with E-state index in [2.05, 4.69) is 15.6 Å². The summed E-state index contributed by atoms with van der Waals surface area (Å²) < 4.78 is 27.9. The number of rotatable bonds is 5. The first-order valence-electron chi connectivity index (χ1n) is 7.17. The molecule has 0 radical (unpaired) electrons. The molecule has 1 unspecified atom stereocenters. The van der Waals surface area contributed by atoms with Crippen LogP contribution in [0.1, 0.15) is 18.4 Å². The Balaban J connectivity index is 0.00000264. The lowest BCUT2D eigenvalue weighted by atomic mass is 10.2. The monoisotopic (exact) mass is 454 g/mol. The molecular weight excluding hydrogens is 431 g/mol. The van der Waals surface area contributed by atoms with E-state index in [1.807, 2.05) is 0 Å². The van der Waals surface area contributed by atoms with Crippen molar-refractivity contribution < 1.29 is 13.2 Å². The summed E-state index contributed by atoms with van der Waals surface area (Å²) in [5.41, 5.74) is 0.937. The molecule has 23 heavy (non-hydrogen) atoms. The molecule has 2 rings (SSSR count). The normalized spacial score (nSPS) is 18.3. The predicted molar refractivity (Wildman–Crippen MR) is 100 cm³/mol. The highest BCUT2D eigenvalue weighted by atomic mass is 127. The number of nitrogens with one attached hydrogen (secondary N) is 2. The average Bonchev–Trinajstić information content (AvgIpc) is 3.00. The maximum Gasteiger partial charge on any atom is 0.238 e. The second-order valence-electron chi connectivity index (χ2n) is 5.13. The molecular formula is C14H23IN4O3S. The number of nitrogens with two attached hydrogens (primary N) is 1. The zero-order valence-electron chi connectivity index (χ0n) is 13.0. The quantitative estimate of drug-likeness (QED) is 0.347. The second kappa shape index (κ2) is 9.40. The first-order chi connectivity index (χ1) is 10.5. The van der Waals surface area contributed by atoms with Crippen molar-refractivity contribution in [1.29, 1.82) is 0 Å². The van der Waals surface area contributed by atoms with Gasteiger partial charge in [0.25, 0.3) is 0 Å². The van der Waals surface area contributed by atoms with Crippen molar-refractivity contribution in [2.75, 3.05) is 20.2 Å². The van der Waals surface area contributed by atoms with Crippen LogP contribution in [0.3, 0.4) is 0 Å². The van der Waals surface area contributed by atoms with Gasteiger partial charge in [0.1, 0.15) is 0 Å². The Hall–Kier alpha value is -0.910. The Morgan fingerprint density at radius 1 is 1.35 bits per heavy atom. The van der Waals surface area contributed by atoms with Gasteiger partial charge in [-0.25, -0.2) is 13.6 Å². The van der Waals surface area contributed by atoms with Crippen LogP contribution in [-0.2, 0) is 21.3 Å². The van der Waals surface area contributed by atoms with Crippen LogP contribution in [0.5, 0.6) is 0 Å². The number of hydrogen-bond donors (Lipinski definition) is 3. The fraction of sp³-hybridized carbons (Fsp3) is 0.500. The summed E-state index contributed by atoms with van der Waals surface area (Å²) in [5, 5.41) is 11.5. The van der Waals surface area contributed by atoms with E-state index >= 15 is 0 Å². The lowest BCUT2D eigenvalue weighted by molar-refractivity contribution is 0.114. The topological polar surface area (TPSA) is 106 Å². The molecule has 7 nitrogen and oxygen atoms in total. The number of sulfonamides is 1. The zero-order valence-corrected chi connectivity index (χ0v) is 16.1. The summed E-state index contributed by atoms with van der Waals surface area (Å²) in [6.45, 7) is 2.09. The van der Waals surface area contributed by atoms with Crippen molar-refractivity contribution in [2.45, 2.75) is 30.4 Å². The molecule has 0 saturated carbocycles. The van der Waals surface area contributed by atoms with E-state index in [0.29, 0.717) is 12.5 Å². The van der Waals surface area contributed by atoms with Crippen molar-refractivity contribution in [1.82, 2.24) is 10.6 Å². The summed E-state index contributed by atoms with van der Waals surface area (Å²) in [4.78, 5) is 4.25. The highest BCUT2D eigenvalue weighted by molar-refractivity contribution is 14.0. The Morgan fingerprint density at radius 3 is 2.57 bits per heavy atom. The molecule has 0 spiro atoms. The van der Waals surface area contributed by atoms with Gasteiger partial charge >= 0.3 is 0 Å². The van der Waals surface area contributed by atoms with Gasteiger partial charge in [0.05, 0.1) is 11.0 Å². The van der Waals surface area contributed by atoms with Gasteiger partial charge in [-0.1, -0.05) is 12.1 Å². The Labute approximate surface area is 154 Å². The number of nitrogens with zero attached hydrogens (tertiary/aromatic N) is 1. The molecule has 4 N–H and O–H groups in total. The van der Waals surface area contributed by atoms with E-state index in [9.17, 15) is 8.42 Å². The number of benzene rings is 1. The minimum absolute atomic E-state index is 0. The van der Waals surface area contributed by atoms with Crippen LogP contribution in [0, 0.1) is 0 Å². The van der Waals surface area contributed by atoms with Gasteiger partial charge < -0.3 is 15.4 Å². The standard InChI is InChI=1S/C14H22N4O3S.HI/c1-16-14(18-10-12-3-2-8-21-12)17-9-11-4-6-13(7-5-11)22(15,19)20;/h4-7,12H,2-3,8-10H2,1H3,(H2,15,19,20)(H2,16,17,18);1H. The Bertz CT molecular complexity index is 613. The van der Waals surface area contributed by atoms with Gasteiger partial charge in [-0.05, 0) is 30.5 Å². The molecule has 130 valence electrons. The zero-order chi connectivity index (χ0) is 16.0. The third-order valence-electron chi connectivity index (χ3n) is 3.46. The molecule has 1 saturated heterocycles. The van der Waals surface area contributed by atoms with E-state index in [-0.39, 0.29) is 35.0 Å². The predicted octanol–water partition coefficient (Wildman–Crippen LogP) is 0.796. The summed E-state index contributed by atoms with van der Waals surface area (Å²) in [6, 6.07) is 6.43. The van der Waals surface area contributed by atoms with Crippen LogP contribution >= 0.6 is 24.0 Å². The van der Waals surface area contributed by atoms with Crippen LogP contribution in [0.15, 0.2) is 34.2 Å². The molecule has 1 heterocycles. The van der Waals surface area contributed by atoms with Gasteiger partial charge in [0.2, 0.25) is 10.0 Å². The summed E-state index contributed by atoms with van der Waals surface area (Å²) >= 11 is 0. The molecule has 0 aromatic heterocycles. The van der Waals surface area contributed by atoms with Crippen LogP contribution in [0.2, 0.25) is 0 Å². The maximum absolute atomic E-state index is 11.2. The van der Waals surface area contributed by atoms with Gasteiger partial charge in [0, 0.05) is 26.7 Å². The van der Waals surface area contributed by atoms with Gasteiger partial charge in [0.15, 0.2) is 5.96 Å². The van der Waals surface area contributed by atoms with E-state index in [1.54, 1.807) is 19.2 Å². The molecule has 9 heteroatoms. The van der Waals surface area contributed by atoms with Crippen molar-refractivity contribution in [3.8, 4) is 0 Å². The fourth-order valence-corrected chi connectivity index (χ4v) is 2.73. The molecule has 1 aliphatic heterocycles. The minimum atomic E-state index is -3.64. The molecule has 0 aliphatic carbocycles. The molecule has 1 aliphatic rings. The third-order valence-corrected chi connectivity index (χ3v) is 4.39. The molecule has 0 bridgehead atoms. The maximum atomic E-state index is 11.2. The van der Waals surface area contributed by atoms with E-state index in [4.69, 9.17) is 9.88 Å². The van der Waals surface area contributed by atoms with E-state index in [1.165, 1.54) is 12.1 Å². The number of ether oxygens (including phenoxy) is 1. The van der Waals surface area contributed by atoms with Crippen molar-refractivity contribution in [3.05, 3.63) is 29.8 Å². The van der Waals surface area contributed by atoms with Gasteiger partial charge in [-0.3, -0.25) is 4.99 Å². The fourth-order valence-electron chi connectivity index (χ4n) is 2.22. The van der Waals surface area contributed by atoms with Crippen LogP contribution in [-0.4, -0.2) is 40.7 Å². The van der Waals surface area contributed by atoms with Crippen LogP contribution < -0.4 is 15.8 Å². The number of primary sulfonamides is 1. The number of halogens is 1. The van der Waals surface area contributed by atoms with Gasteiger partial charge in [-0.15, -0.1) is 24.0 Å². The number of hydrogen-bond acceptors (Lipinski definition) is 4. The molecule has 1 fully saturated rings. The smallest absolute Gasteiger partial charge is 0.238 e. The Kier molecular flexibility index (Phi) is 8.23. The summed E-state index contributed by atoms with van der Waals surface area (Å²) in [6.07, 6.45) is 2.42. The highest BCUT2D eigenvalue weighted by Gasteiger charge is 2.15. The largest absolute Gasteiger partial charge is 0.376 e. The summed E-state index contributed by atoms with van der Waals surface area (Å²) in [5.74, 6) is 0.686. The SMILES string of the molecule is CN=C(NCc1ccc(S(N)(=O)=O)cc1)NCC1CCCO1.I. The van der Waals surface area contributed by atoms with Crippen molar-refractivity contribution in [2.24, 2.45) is 10.1 Å². The van der Waals surface area contributed by atoms with Crippen molar-refractivity contribution >= 4 is 40.0 Å². The van der Waals surface area contributed by atoms with E-state index in [0.717, 1.165) is 31.6 Å². The molecule has 0 amide bonds. The Morgan fingerprint density at radius 2 is 2.04 bits per heavy atom. The molecule has 1 atom stereocenters.